The first-order valence-electron chi connectivity index (χ1n) is 12.3. The SMILES string of the molecule is Cc1ccc(Cc2cc3c(cc2C)Oc2cc(N(C)C)ccc2C32OC(=O)c3ccccc32)c(C)c1. The highest BCUT2D eigenvalue weighted by Gasteiger charge is 2.53. The van der Waals surface area contributed by atoms with Crippen LogP contribution in [0.5, 0.6) is 11.5 Å². The summed E-state index contributed by atoms with van der Waals surface area (Å²) in [6.07, 6.45) is 0.795. The summed E-state index contributed by atoms with van der Waals surface area (Å²) in [4.78, 5) is 15.2. The molecule has 36 heavy (non-hydrogen) atoms. The van der Waals surface area contributed by atoms with E-state index in [1.165, 1.54) is 22.3 Å². The summed E-state index contributed by atoms with van der Waals surface area (Å²) in [5, 5.41) is 0. The number of carbonyl (C=O) groups excluding carboxylic acids is 1. The Bertz CT molecular complexity index is 1550. The number of hydrogen-bond acceptors (Lipinski definition) is 4. The maximum Gasteiger partial charge on any atom is 0.340 e. The molecule has 0 saturated heterocycles. The topological polar surface area (TPSA) is 38.8 Å². The van der Waals surface area contributed by atoms with E-state index in [1.807, 2.05) is 55.4 Å². The van der Waals surface area contributed by atoms with E-state index >= 15 is 0 Å². The number of benzene rings is 4. The van der Waals surface area contributed by atoms with Gasteiger partial charge < -0.3 is 14.4 Å². The molecule has 6 rings (SSSR count). The van der Waals surface area contributed by atoms with Crippen LogP contribution in [-0.4, -0.2) is 20.1 Å². The third-order valence-corrected chi connectivity index (χ3v) is 7.55. The van der Waals surface area contributed by atoms with Crippen molar-refractivity contribution >= 4 is 11.7 Å². The van der Waals surface area contributed by atoms with Gasteiger partial charge >= 0.3 is 5.97 Å². The van der Waals surface area contributed by atoms with Crippen molar-refractivity contribution in [1.82, 2.24) is 0 Å². The molecule has 0 saturated carbocycles. The smallest absolute Gasteiger partial charge is 0.340 e. The summed E-state index contributed by atoms with van der Waals surface area (Å²) in [6.45, 7) is 6.40. The van der Waals surface area contributed by atoms with Crippen LogP contribution < -0.4 is 9.64 Å². The molecule has 2 aliphatic heterocycles. The lowest BCUT2D eigenvalue weighted by Gasteiger charge is -2.37. The highest BCUT2D eigenvalue weighted by molar-refractivity contribution is 5.97. The van der Waals surface area contributed by atoms with Crippen LogP contribution in [0, 0.1) is 20.8 Å². The first-order chi connectivity index (χ1) is 17.3. The normalized spacial score (nSPS) is 17.2. The van der Waals surface area contributed by atoms with Gasteiger partial charge in [0.2, 0.25) is 0 Å². The van der Waals surface area contributed by atoms with E-state index in [4.69, 9.17) is 9.47 Å². The summed E-state index contributed by atoms with van der Waals surface area (Å²) >= 11 is 0. The summed E-state index contributed by atoms with van der Waals surface area (Å²) in [5.74, 6) is 1.13. The third-order valence-electron chi connectivity index (χ3n) is 7.55. The first-order valence-corrected chi connectivity index (χ1v) is 12.3. The fourth-order valence-electron chi connectivity index (χ4n) is 5.57. The molecule has 0 aliphatic carbocycles. The minimum absolute atomic E-state index is 0.308. The van der Waals surface area contributed by atoms with E-state index in [2.05, 4.69) is 57.2 Å². The van der Waals surface area contributed by atoms with Crippen molar-refractivity contribution in [3.63, 3.8) is 0 Å². The van der Waals surface area contributed by atoms with Crippen LogP contribution >= 0.6 is 0 Å². The molecule has 0 N–H and O–H groups in total. The lowest BCUT2D eigenvalue weighted by molar-refractivity contribution is 0.0224. The van der Waals surface area contributed by atoms with E-state index < -0.39 is 5.60 Å². The van der Waals surface area contributed by atoms with Crippen molar-refractivity contribution in [2.45, 2.75) is 32.8 Å². The first kappa shape index (κ1) is 22.4. The second kappa shape index (κ2) is 7.99. The van der Waals surface area contributed by atoms with Gasteiger partial charge in [0, 0.05) is 42.5 Å². The fraction of sp³-hybridized carbons (Fsp3) is 0.219. The standard InChI is InChI=1S/C32H29NO3/c1-19-10-11-22(20(2)14-19)16-23-17-28-29(15-21(23)3)35-30-18-24(33(4)5)12-13-27(30)32(28)26-9-7-6-8-25(26)31(34)36-32/h6-15,17-18H,16H2,1-5H3. The summed E-state index contributed by atoms with van der Waals surface area (Å²) in [6, 6.07) is 24.7. The average Bonchev–Trinajstić information content (AvgIpc) is 3.14. The molecule has 4 aromatic carbocycles. The van der Waals surface area contributed by atoms with Gasteiger partial charge in [0.1, 0.15) is 11.5 Å². The molecular formula is C32H29NO3. The van der Waals surface area contributed by atoms with E-state index in [1.54, 1.807) is 0 Å². The molecule has 4 heteroatoms. The quantitative estimate of drug-likeness (QED) is 0.304. The van der Waals surface area contributed by atoms with Crippen molar-refractivity contribution in [2.24, 2.45) is 0 Å². The number of carbonyl (C=O) groups is 1. The minimum Gasteiger partial charge on any atom is -0.456 e. The average molecular weight is 476 g/mol. The molecule has 2 heterocycles. The predicted octanol–water partition coefficient (Wildman–Crippen LogP) is 6.84. The van der Waals surface area contributed by atoms with Crippen molar-refractivity contribution < 1.29 is 14.3 Å². The van der Waals surface area contributed by atoms with Crippen LogP contribution in [0.25, 0.3) is 0 Å². The van der Waals surface area contributed by atoms with Crippen LogP contribution in [0.4, 0.5) is 5.69 Å². The van der Waals surface area contributed by atoms with Crippen molar-refractivity contribution in [3.8, 4) is 11.5 Å². The van der Waals surface area contributed by atoms with Crippen LogP contribution in [0.15, 0.2) is 72.8 Å². The fourth-order valence-corrected chi connectivity index (χ4v) is 5.57. The zero-order valence-electron chi connectivity index (χ0n) is 21.3. The Kier molecular flexibility index (Phi) is 4.97. The lowest BCUT2D eigenvalue weighted by atomic mass is 9.76. The highest BCUT2D eigenvalue weighted by atomic mass is 16.6. The van der Waals surface area contributed by atoms with Crippen LogP contribution in [0.1, 0.15) is 54.9 Å². The van der Waals surface area contributed by atoms with E-state index in [9.17, 15) is 4.79 Å². The summed E-state index contributed by atoms with van der Waals surface area (Å²) in [5.41, 5.74) is 9.31. The molecule has 0 bridgehead atoms. The predicted molar refractivity (Wildman–Crippen MR) is 142 cm³/mol. The number of nitrogens with zero attached hydrogens (tertiary/aromatic N) is 1. The molecular weight excluding hydrogens is 446 g/mol. The molecule has 0 amide bonds. The molecule has 4 aromatic rings. The minimum atomic E-state index is -1.05. The van der Waals surface area contributed by atoms with Gasteiger partial charge in [-0.15, -0.1) is 0 Å². The van der Waals surface area contributed by atoms with Gasteiger partial charge in [0.25, 0.3) is 0 Å². The Morgan fingerprint density at radius 1 is 0.750 bits per heavy atom. The third kappa shape index (κ3) is 3.25. The second-order valence-electron chi connectivity index (χ2n) is 10.2. The molecule has 180 valence electrons. The maximum absolute atomic E-state index is 13.2. The molecule has 2 aliphatic rings. The van der Waals surface area contributed by atoms with Crippen molar-refractivity contribution in [3.05, 3.63) is 123 Å². The molecule has 4 nitrogen and oxygen atoms in total. The molecule has 0 fully saturated rings. The van der Waals surface area contributed by atoms with E-state index in [-0.39, 0.29) is 5.97 Å². The van der Waals surface area contributed by atoms with Gasteiger partial charge in [0.05, 0.1) is 5.56 Å². The van der Waals surface area contributed by atoms with Crippen LogP contribution in [-0.2, 0) is 16.8 Å². The second-order valence-corrected chi connectivity index (χ2v) is 10.2. The molecule has 1 spiro atoms. The van der Waals surface area contributed by atoms with Gasteiger partial charge in [-0.25, -0.2) is 4.79 Å². The lowest BCUT2D eigenvalue weighted by Crippen LogP contribution is -2.33. The Morgan fingerprint density at radius 3 is 2.28 bits per heavy atom. The Labute approximate surface area is 212 Å². The van der Waals surface area contributed by atoms with E-state index in [0.29, 0.717) is 11.3 Å². The molecule has 0 aromatic heterocycles. The van der Waals surface area contributed by atoms with Crippen LogP contribution in [0.2, 0.25) is 0 Å². The molecule has 0 radical (unpaired) electrons. The number of rotatable bonds is 3. The number of aryl methyl sites for hydroxylation is 3. The Hall–Kier alpha value is -4.05. The highest BCUT2D eigenvalue weighted by Crippen LogP contribution is 2.57. The molecule has 1 unspecified atom stereocenters. The Balaban J connectivity index is 1.59. The van der Waals surface area contributed by atoms with Gasteiger partial charge in [0.15, 0.2) is 5.60 Å². The monoisotopic (exact) mass is 475 g/mol. The number of fused-ring (bicyclic) bond motifs is 6. The zero-order valence-corrected chi connectivity index (χ0v) is 21.3. The van der Waals surface area contributed by atoms with Gasteiger partial charge in [-0.05, 0) is 79.8 Å². The van der Waals surface area contributed by atoms with Crippen molar-refractivity contribution in [2.75, 3.05) is 19.0 Å². The largest absolute Gasteiger partial charge is 0.456 e. The number of anilines is 1. The number of esters is 1. The Morgan fingerprint density at radius 2 is 1.50 bits per heavy atom. The van der Waals surface area contributed by atoms with Crippen molar-refractivity contribution in [1.29, 1.82) is 0 Å². The zero-order chi connectivity index (χ0) is 25.2. The van der Waals surface area contributed by atoms with Gasteiger partial charge in [-0.3, -0.25) is 0 Å². The summed E-state index contributed by atoms with van der Waals surface area (Å²) < 4.78 is 12.9. The van der Waals surface area contributed by atoms with E-state index in [0.717, 1.165) is 40.1 Å². The maximum atomic E-state index is 13.2. The van der Waals surface area contributed by atoms with Crippen LogP contribution in [0.3, 0.4) is 0 Å². The van der Waals surface area contributed by atoms with Gasteiger partial charge in [-0.1, -0.05) is 42.0 Å². The number of ether oxygens (including phenoxy) is 2. The number of hydrogen-bond donors (Lipinski definition) is 0. The summed E-state index contributed by atoms with van der Waals surface area (Å²) in [7, 11) is 4.01. The molecule has 1 atom stereocenters. The van der Waals surface area contributed by atoms with Gasteiger partial charge in [-0.2, -0.15) is 0 Å².